The summed E-state index contributed by atoms with van der Waals surface area (Å²) in [6.45, 7) is 3.21. The highest BCUT2D eigenvalue weighted by Crippen LogP contribution is 2.19. The number of hydrogen-bond acceptors (Lipinski definition) is 3. The van der Waals surface area contributed by atoms with Gasteiger partial charge in [-0.25, -0.2) is 0 Å². The predicted octanol–water partition coefficient (Wildman–Crippen LogP) is 3.00. The number of nitrogens with one attached hydrogen (secondary N) is 1. The highest BCUT2D eigenvalue weighted by molar-refractivity contribution is 5.63. The first-order valence-corrected chi connectivity index (χ1v) is 7.17. The molecule has 0 fully saturated rings. The van der Waals surface area contributed by atoms with Crippen molar-refractivity contribution in [2.75, 3.05) is 6.61 Å². The van der Waals surface area contributed by atoms with Gasteiger partial charge in [0.25, 0.3) is 0 Å². The van der Waals surface area contributed by atoms with Gasteiger partial charge in [-0.3, -0.25) is 4.98 Å². The van der Waals surface area contributed by atoms with Gasteiger partial charge in [-0.2, -0.15) is 0 Å². The molecule has 20 heavy (non-hydrogen) atoms. The SMILES string of the molecule is CCC(CCO)NCc1cccc(-c2ccncc2)c1. The van der Waals surface area contributed by atoms with Crippen LogP contribution in [0.15, 0.2) is 48.8 Å². The molecule has 1 heterocycles. The van der Waals surface area contributed by atoms with Crippen molar-refractivity contribution in [2.45, 2.75) is 32.4 Å². The molecule has 0 saturated carbocycles. The standard InChI is InChI=1S/C17H22N2O/c1-2-17(8-11-20)19-13-14-4-3-5-16(12-14)15-6-9-18-10-7-15/h3-7,9-10,12,17,19-20H,2,8,11,13H2,1H3. The fourth-order valence-electron chi connectivity index (χ4n) is 2.27. The lowest BCUT2D eigenvalue weighted by Crippen LogP contribution is -2.28. The second-order valence-electron chi connectivity index (χ2n) is 4.93. The summed E-state index contributed by atoms with van der Waals surface area (Å²) < 4.78 is 0. The number of nitrogens with zero attached hydrogens (tertiary/aromatic N) is 1. The maximum absolute atomic E-state index is 9.01. The molecule has 0 spiro atoms. The number of hydrogen-bond donors (Lipinski definition) is 2. The number of rotatable bonds is 7. The van der Waals surface area contributed by atoms with Crippen LogP contribution in [-0.2, 0) is 6.54 Å². The first kappa shape index (κ1) is 14.7. The molecule has 3 heteroatoms. The van der Waals surface area contributed by atoms with Gasteiger partial charge in [0.1, 0.15) is 0 Å². The Morgan fingerprint density at radius 2 is 1.95 bits per heavy atom. The fourth-order valence-corrected chi connectivity index (χ4v) is 2.27. The monoisotopic (exact) mass is 270 g/mol. The lowest BCUT2D eigenvalue weighted by Gasteiger charge is -2.16. The zero-order valence-electron chi connectivity index (χ0n) is 11.9. The van der Waals surface area contributed by atoms with Crippen LogP contribution in [0.3, 0.4) is 0 Å². The van der Waals surface area contributed by atoms with Crippen LogP contribution in [0.4, 0.5) is 0 Å². The average Bonchev–Trinajstić information content (AvgIpc) is 2.52. The van der Waals surface area contributed by atoms with Crippen molar-refractivity contribution < 1.29 is 5.11 Å². The van der Waals surface area contributed by atoms with E-state index in [1.165, 1.54) is 16.7 Å². The smallest absolute Gasteiger partial charge is 0.0445 e. The van der Waals surface area contributed by atoms with Crippen molar-refractivity contribution in [3.8, 4) is 11.1 Å². The molecule has 2 rings (SSSR count). The Morgan fingerprint density at radius 3 is 2.65 bits per heavy atom. The second kappa shape index (κ2) is 7.78. The number of aliphatic hydroxyl groups is 1. The lowest BCUT2D eigenvalue weighted by atomic mass is 10.0. The summed E-state index contributed by atoms with van der Waals surface area (Å²) in [5, 5.41) is 12.5. The molecule has 0 radical (unpaired) electrons. The molecular weight excluding hydrogens is 248 g/mol. The first-order valence-electron chi connectivity index (χ1n) is 7.17. The van der Waals surface area contributed by atoms with Crippen LogP contribution in [0, 0.1) is 0 Å². The second-order valence-corrected chi connectivity index (χ2v) is 4.93. The number of pyridine rings is 1. The third kappa shape index (κ3) is 4.15. The molecule has 106 valence electrons. The summed E-state index contributed by atoms with van der Waals surface area (Å²) in [5.41, 5.74) is 3.65. The molecule has 3 nitrogen and oxygen atoms in total. The summed E-state index contributed by atoms with van der Waals surface area (Å²) in [6, 6.07) is 12.9. The fraction of sp³-hybridized carbons (Fsp3) is 0.353. The average molecular weight is 270 g/mol. The summed E-state index contributed by atoms with van der Waals surface area (Å²) in [6.07, 6.45) is 5.47. The largest absolute Gasteiger partial charge is 0.396 e. The van der Waals surface area contributed by atoms with Crippen molar-refractivity contribution in [3.05, 3.63) is 54.4 Å². The van der Waals surface area contributed by atoms with Crippen LogP contribution in [0.1, 0.15) is 25.3 Å². The van der Waals surface area contributed by atoms with Gasteiger partial charge < -0.3 is 10.4 Å². The Bertz CT molecular complexity index is 513. The molecule has 1 atom stereocenters. The summed E-state index contributed by atoms with van der Waals surface area (Å²) in [5.74, 6) is 0. The van der Waals surface area contributed by atoms with Crippen LogP contribution in [0.2, 0.25) is 0 Å². The number of benzene rings is 1. The Balaban J connectivity index is 2.03. The van der Waals surface area contributed by atoms with Gasteiger partial charge in [0.15, 0.2) is 0 Å². The van der Waals surface area contributed by atoms with Crippen LogP contribution >= 0.6 is 0 Å². The van der Waals surface area contributed by atoms with E-state index in [1.807, 2.05) is 24.5 Å². The normalized spacial score (nSPS) is 12.3. The first-order chi connectivity index (χ1) is 9.83. The summed E-state index contributed by atoms with van der Waals surface area (Å²) in [7, 11) is 0. The van der Waals surface area contributed by atoms with Gasteiger partial charge in [-0.15, -0.1) is 0 Å². The molecule has 0 amide bonds. The van der Waals surface area contributed by atoms with E-state index in [4.69, 9.17) is 5.11 Å². The van der Waals surface area contributed by atoms with Crippen LogP contribution in [-0.4, -0.2) is 22.7 Å². The maximum Gasteiger partial charge on any atom is 0.0445 e. The minimum absolute atomic E-state index is 0.239. The Labute approximate surface area is 120 Å². The van der Waals surface area contributed by atoms with Gasteiger partial charge in [0.05, 0.1) is 0 Å². The van der Waals surface area contributed by atoms with E-state index in [-0.39, 0.29) is 6.61 Å². The van der Waals surface area contributed by atoms with Crippen molar-refractivity contribution in [2.24, 2.45) is 0 Å². The van der Waals surface area contributed by atoms with E-state index in [9.17, 15) is 0 Å². The number of aliphatic hydroxyl groups excluding tert-OH is 1. The minimum atomic E-state index is 0.239. The maximum atomic E-state index is 9.01. The Morgan fingerprint density at radius 1 is 1.15 bits per heavy atom. The van der Waals surface area contributed by atoms with Crippen LogP contribution in [0.25, 0.3) is 11.1 Å². The molecular formula is C17H22N2O. The topological polar surface area (TPSA) is 45.1 Å². The zero-order chi connectivity index (χ0) is 14.2. The molecule has 0 aliphatic carbocycles. The molecule has 0 aliphatic heterocycles. The Hall–Kier alpha value is -1.71. The van der Waals surface area contributed by atoms with Crippen LogP contribution < -0.4 is 5.32 Å². The van der Waals surface area contributed by atoms with E-state index in [0.29, 0.717) is 6.04 Å². The van der Waals surface area contributed by atoms with E-state index in [0.717, 1.165) is 19.4 Å². The van der Waals surface area contributed by atoms with Gasteiger partial charge in [0, 0.05) is 31.6 Å². The van der Waals surface area contributed by atoms with Crippen LogP contribution in [0.5, 0.6) is 0 Å². The molecule has 2 N–H and O–H groups in total. The van der Waals surface area contributed by atoms with Gasteiger partial charge in [-0.05, 0) is 47.7 Å². The minimum Gasteiger partial charge on any atom is -0.396 e. The molecule has 0 bridgehead atoms. The van der Waals surface area contributed by atoms with Crippen molar-refractivity contribution in [1.82, 2.24) is 10.3 Å². The quantitative estimate of drug-likeness (QED) is 0.813. The highest BCUT2D eigenvalue weighted by Gasteiger charge is 2.05. The van der Waals surface area contributed by atoms with Gasteiger partial charge in [-0.1, -0.05) is 25.1 Å². The van der Waals surface area contributed by atoms with E-state index < -0.39 is 0 Å². The van der Waals surface area contributed by atoms with Gasteiger partial charge in [0.2, 0.25) is 0 Å². The lowest BCUT2D eigenvalue weighted by molar-refractivity contribution is 0.262. The molecule has 1 aromatic heterocycles. The van der Waals surface area contributed by atoms with E-state index >= 15 is 0 Å². The number of aromatic nitrogens is 1. The summed E-state index contributed by atoms with van der Waals surface area (Å²) in [4.78, 5) is 4.05. The molecule has 2 aromatic rings. The van der Waals surface area contributed by atoms with E-state index in [2.05, 4.69) is 41.5 Å². The summed E-state index contributed by atoms with van der Waals surface area (Å²) >= 11 is 0. The molecule has 1 aromatic carbocycles. The zero-order valence-corrected chi connectivity index (χ0v) is 11.9. The van der Waals surface area contributed by atoms with Crippen molar-refractivity contribution in [3.63, 3.8) is 0 Å². The highest BCUT2D eigenvalue weighted by atomic mass is 16.3. The third-order valence-electron chi connectivity index (χ3n) is 3.51. The Kier molecular flexibility index (Phi) is 5.71. The van der Waals surface area contributed by atoms with E-state index in [1.54, 1.807) is 0 Å². The molecule has 0 saturated heterocycles. The molecule has 1 unspecified atom stereocenters. The van der Waals surface area contributed by atoms with Crippen molar-refractivity contribution in [1.29, 1.82) is 0 Å². The van der Waals surface area contributed by atoms with Crippen molar-refractivity contribution >= 4 is 0 Å². The van der Waals surface area contributed by atoms with Gasteiger partial charge >= 0.3 is 0 Å². The third-order valence-corrected chi connectivity index (χ3v) is 3.51. The predicted molar refractivity (Wildman–Crippen MR) is 82.3 cm³/mol. The molecule has 0 aliphatic rings.